The molecule has 1 aromatic carbocycles. The minimum absolute atomic E-state index is 0.00222. The number of hydrogen-bond acceptors (Lipinski definition) is 3. The molecule has 0 aliphatic heterocycles. The number of rotatable bonds is 6. The van der Waals surface area contributed by atoms with Gasteiger partial charge in [0.15, 0.2) is 0 Å². The highest BCUT2D eigenvalue weighted by molar-refractivity contribution is 5.77. The second-order valence-corrected chi connectivity index (χ2v) is 5.89. The average Bonchev–Trinajstić information content (AvgIpc) is 2.54. The van der Waals surface area contributed by atoms with Crippen LogP contribution in [0.15, 0.2) is 24.3 Å². The van der Waals surface area contributed by atoms with E-state index in [0.29, 0.717) is 13.0 Å². The lowest BCUT2D eigenvalue weighted by Crippen LogP contribution is -2.48. The van der Waals surface area contributed by atoms with Crippen molar-refractivity contribution >= 4 is 5.91 Å². The SMILES string of the molecule is CNC1(CC(=O)NCc2ccc(OC)cc2)CCCCC1. The summed E-state index contributed by atoms with van der Waals surface area (Å²) in [6.45, 7) is 0.572. The zero-order valence-corrected chi connectivity index (χ0v) is 13.1. The van der Waals surface area contributed by atoms with Gasteiger partial charge in [-0.1, -0.05) is 31.4 Å². The molecule has 0 radical (unpaired) electrons. The van der Waals surface area contributed by atoms with Crippen LogP contribution in [0.2, 0.25) is 0 Å². The molecule has 4 nitrogen and oxygen atoms in total. The van der Waals surface area contributed by atoms with E-state index in [9.17, 15) is 4.79 Å². The van der Waals surface area contributed by atoms with Crippen molar-refractivity contribution in [1.29, 1.82) is 0 Å². The standard InChI is InChI=1S/C17H26N2O2/c1-18-17(10-4-3-5-11-17)12-16(20)19-13-14-6-8-15(21-2)9-7-14/h6-9,18H,3-5,10-13H2,1-2H3,(H,19,20). The van der Waals surface area contributed by atoms with Gasteiger partial charge in [-0.25, -0.2) is 0 Å². The first-order valence-corrected chi connectivity index (χ1v) is 7.76. The van der Waals surface area contributed by atoms with Gasteiger partial charge in [-0.2, -0.15) is 0 Å². The van der Waals surface area contributed by atoms with E-state index < -0.39 is 0 Å². The Bertz CT molecular complexity index is 450. The lowest BCUT2D eigenvalue weighted by atomic mass is 9.79. The van der Waals surface area contributed by atoms with Crippen molar-refractivity contribution in [3.8, 4) is 5.75 Å². The second-order valence-electron chi connectivity index (χ2n) is 5.89. The van der Waals surface area contributed by atoms with Gasteiger partial charge in [0.1, 0.15) is 5.75 Å². The molecule has 4 heteroatoms. The summed E-state index contributed by atoms with van der Waals surface area (Å²) in [5, 5.41) is 6.41. The predicted octanol–water partition coefficient (Wildman–Crippen LogP) is 2.62. The maximum atomic E-state index is 12.2. The van der Waals surface area contributed by atoms with E-state index >= 15 is 0 Å². The summed E-state index contributed by atoms with van der Waals surface area (Å²) >= 11 is 0. The number of ether oxygens (including phenoxy) is 1. The van der Waals surface area contributed by atoms with Crippen LogP contribution in [0.4, 0.5) is 0 Å². The molecule has 2 rings (SSSR count). The van der Waals surface area contributed by atoms with Crippen LogP contribution in [0.3, 0.4) is 0 Å². The zero-order chi connectivity index (χ0) is 15.1. The Morgan fingerprint density at radius 3 is 2.43 bits per heavy atom. The normalized spacial score (nSPS) is 17.2. The number of nitrogens with one attached hydrogen (secondary N) is 2. The largest absolute Gasteiger partial charge is 0.497 e. The minimum Gasteiger partial charge on any atom is -0.497 e. The summed E-state index contributed by atoms with van der Waals surface area (Å²) in [7, 11) is 3.63. The van der Waals surface area contributed by atoms with Crippen LogP contribution >= 0.6 is 0 Å². The molecule has 1 aliphatic carbocycles. The van der Waals surface area contributed by atoms with E-state index in [0.717, 1.165) is 24.2 Å². The quantitative estimate of drug-likeness (QED) is 0.847. The summed E-state index contributed by atoms with van der Waals surface area (Å²) in [5.74, 6) is 0.962. The Balaban J connectivity index is 1.83. The highest BCUT2D eigenvalue weighted by Crippen LogP contribution is 2.30. The Morgan fingerprint density at radius 2 is 1.86 bits per heavy atom. The fraction of sp³-hybridized carbons (Fsp3) is 0.588. The molecular formula is C17H26N2O2. The summed E-state index contributed by atoms with van der Waals surface area (Å²) in [4.78, 5) is 12.2. The van der Waals surface area contributed by atoms with Crippen molar-refractivity contribution in [2.75, 3.05) is 14.2 Å². The van der Waals surface area contributed by atoms with Gasteiger partial charge < -0.3 is 15.4 Å². The van der Waals surface area contributed by atoms with Crippen molar-refractivity contribution in [2.24, 2.45) is 0 Å². The van der Waals surface area contributed by atoms with E-state index in [1.165, 1.54) is 19.3 Å². The van der Waals surface area contributed by atoms with Crippen molar-refractivity contribution in [1.82, 2.24) is 10.6 Å². The molecule has 0 atom stereocenters. The van der Waals surface area contributed by atoms with Crippen LogP contribution in [0.25, 0.3) is 0 Å². The molecule has 1 fully saturated rings. The molecule has 21 heavy (non-hydrogen) atoms. The van der Waals surface area contributed by atoms with E-state index in [4.69, 9.17) is 4.74 Å². The molecule has 0 saturated heterocycles. The molecule has 0 heterocycles. The van der Waals surface area contributed by atoms with Gasteiger partial charge in [-0.05, 0) is 37.6 Å². The Labute approximate surface area is 127 Å². The Kier molecular flexibility index (Phi) is 5.62. The lowest BCUT2D eigenvalue weighted by molar-refractivity contribution is -0.123. The van der Waals surface area contributed by atoms with Crippen molar-refractivity contribution < 1.29 is 9.53 Å². The monoisotopic (exact) mass is 290 g/mol. The van der Waals surface area contributed by atoms with E-state index in [1.807, 2.05) is 31.3 Å². The molecule has 0 aromatic heterocycles. The van der Waals surface area contributed by atoms with Crippen molar-refractivity contribution in [3.63, 3.8) is 0 Å². The summed E-state index contributed by atoms with van der Waals surface area (Å²) in [5.41, 5.74) is 1.09. The highest BCUT2D eigenvalue weighted by Gasteiger charge is 2.32. The zero-order valence-electron chi connectivity index (χ0n) is 13.1. The van der Waals surface area contributed by atoms with Crippen LogP contribution in [-0.4, -0.2) is 25.6 Å². The molecule has 1 aromatic rings. The van der Waals surface area contributed by atoms with Crippen LogP contribution in [0, 0.1) is 0 Å². The van der Waals surface area contributed by atoms with Crippen LogP contribution < -0.4 is 15.4 Å². The highest BCUT2D eigenvalue weighted by atomic mass is 16.5. The number of carbonyl (C=O) groups is 1. The first-order valence-electron chi connectivity index (χ1n) is 7.76. The smallest absolute Gasteiger partial charge is 0.222 e. The third-order valence-electron chi connectivity index (χ3n) is 4.49. The minimum atomic E-state index is 0.00222. The van der Waals surface area contributed by atoms with Gasteiger partial charge in [0.2, 0.25) is 5.91 Å². The van der Waals surface area contributed by atoms with E-state index in [2.05, 4.69) is 10.6 Å². The third-order valence-corrected chi connectivity index (χ3v) is 4.49. The first-order chi connectivity index (χ1) is 10.2. The Hall–Kier alpha value is -1.55. The summed E-state index contributed by atoms with van der Waals surface area (Å²) < 4.78 is 5.13. The molecule has 1 amide bonds. The number of carbonyl (C=O) groups excluding carboxylic acids is 1. The van der Waals surface area contributed by atoms with Crippen LogP contribution in [-0.2, 0) is 11.3 Å². The molecule has 1 saturated carbocycles. The fourth-order valence-electron chi connectivity index (χ4n) is 3.06. The maximum Gasteiger partial charge on any atom is 0.222 e. The van der Waals surface area contributed by atoms with Gasteiger partial charge in [0, 0.05) is 18.5 Å². The summed E-state index contributed by atoms with van der Waals surface area (Å²) in [6, 6.07) is 7.79. The van der Waals surface area contributed by atoms with Crippen LogP contribution in [0.5, 0.6) is 5.75 Å². The van der Waals surface area contributed by atoms with Crippen LogP contribution in [0.1, 0.15) is 44.1 Å². The van der Waals surface area contributed by atoms with E-state index in [-0.39, 0.29) is 11.4 Å². The van der Waals surface area contributed by atoms with Crippen molar-refractivity contribution in [2.45, 2.75) is 50.6 Å². The van der Waals surface area contributed by atoms with E-state index in [1.54, 1.807) is 7.11 Å². The third kappa shape index (κ3) is 4.46. The number of amides is 1. The predicted molar refractivity (Wildman–Crippen MR) is 84.3 cm³/mol. The average molecular weight is 290 g/mol. The number of benzene rings is 1. The van der Waals surface area contributed by atoms with Gasteiger partial charge in [0.25, 0.3) is 0 Å². The number of hydrogen-bond donors (Lipinski definition) is 2. The molecule has 0 bridgehead atoms. The van der Waals surface area contributed by atoms with Gasteiger partial charge in [-0.3, -0.25) is 4.79 Å². The molecule has 0 unspecified atom stereocenters. The Morgan fingerprint density at radius 1 is 1.19 bits per heavy atom. The molecule has 2 N–H and O–H groups in total. The molecule has 1 aliphatic rings. The van der Waals surface area contributed by atoms with Gasteiger partial charge in [0.05, 0.1) is 7.11 Å². The molecule has 0 spiro atoms. The van der Waals surface area contributed by atoms with Crippen molar-refractivity contribution in [3.05, 3.63) is 29.8 Å². The van der Waals surface area contributed by atoms with Gasteiger partial charge >= 0.3 is 0 Å². The number of methoxy groups -OCH3 is 1. The van der Waals surface area contributed by atoms with Gasteiger partial charge in [-0.15, -0.1) is 0 Å². The molecule has 116 valence electrons. The second kappa shape index (κ2) is 7.46. The maximum absolute atomic E-state index is 12.2. The lowest BCUT2D eigenvalue weighted by Gasteiger charge is -2.36. The fourth-order valence-corrected chi connectivity index (χ4v) is 3.06. The first kappa shape index (κ1) is 15.8. The summed E-state index contributed by atoms with van der Waals surface area (Å²) in [6.07, 6.45) is 6.48. The topological polar surface area (TPSA) is 50.4 Å². The molecular weight excluding hydrogens is 264 g/mol.